The van der Waals surface area contributed by atoms with E-state index in [1.54, 1.807) is 13.2 Å². The van der Waals surface area contributed by atoms with Crippen LogP contribution >= 0.6 is 0 Å². The summed E-state index contributed by atoms with van der Waals surface area (Å²) in [6, 6.07) is 5.47. The molecule has 0 saturated carbocycles. The molecule has 3 rings (SSSR count). The summed E-state index contributed by atoms with van der Waals surface area (Å²) >= 11 is 0. The number of hydrogen-bond acceptors (Lipinski definition) is 4. The lowest BCUT2D eigenvalue weighted by Gasteiger charge is -2.45. The summed E-state index contributed by atoms with van der Waals surface area (Å²) in [5.41, 5.74) is 0.319. The first kappa shape index (κ1) is 12.5. The van der Waals surface area contributed by atoms with Crippen LogP contribution in [0.15, 0.2) is 18.2 Å². The van der Waals surface area contributed by atoms with Crippen LogP contribution in [-0.2, 0) is 0 Å². The van der Waals surface area contributed by atoms with E-state index in [4.69, 9.17) is 9.47 Å². The van der Waals surface area contributed by atoms with Crippen molar-refractivity contribution in [3.63, 3.8) is 0 Å². The Kier molecular flexibility index (Phi) is 2.97. The number of carbonyl (C=O) groups is 1. The molecule has 1 fully saturated rings. The standard InChI is InChI=1S/C15H19NO3/c1-10-9-16-6-5-15(10)8-13(17)12-7-11(18-2)3-4-14(12)19-15/h3-4,7,10,16H,5-6,8-9H2,1-2H3. The molecule has 0 amide bonds. The molecule has 19 heavy (non-hydrogen) atoms. The summed E-state index contributed by atoms with van der Waals surface area (Å²) in [6.45, 7) is 3.95. The molecule has 2 aliphatic rings. The van der Waals surface area contributed by atoms with Gasteiger partial charge in [-0.3, -0.25) is 4.79 Å². The number of rotatable bonds is 1. The van der Waals surface area contributed by atoms with Gasteiger partial charge in [0.2, 0.25) is 0 Å². The maximum Gasteiger partial charge on any atom is 0.170 e. The van der Waals surface area contributed by atoms with Gasteiger partial charge >= 0.3 is 0 Å². The van der Waals surface area contributed by atoms with Gasteiger partial charge in [-0.05, 0) is 24.7 Å². The van der Waals surface area contributed by atoms with E-state index in [9.17, 15) is 4.79 Å². The normalized spacial score (nSPS) is 29.8. The number of benzene rings is 1. The first-order chi connectivity index (χ1) is 9.14. The molecule has 2 heterocycles. The molecule has 1 aromatic carbocycles. The second-order valence-electron chi connectivity index (χ2n) is 5.48. The number of ketones is 1. The third kappa shape index (κ3) is 2.00. The molecular formula is C15H19NO3. The second kappa shape index (κ2) is 4.53. The summed E-state index contributed by atoms with van der Waals surface area (Å²) in [6.07, 6.45) is 1.35. The first-order valence-corrected chi connectivity index (χ1v) is 6.75. The van der Waals surface area contributed by atoms with Gasteiger partial charge in [-0.15, -0.1) is 0 Å². The van der Waals surface area contributed by atoms with E-state index in [1.807, 2.05) is 12.1 Å². The minimum Gasteiger partial charge on any atom is -0.497 e. The van der Waals surface area contributed by atoms with Crippen LogP contribution in [0.1, 0.15) is 30.1 Å². The number of methoxy groups -OCH3 is 1. The quantitative estimate of drug-likeness (QED) is 0.840. The number of hydrogen-bond donors (Lipinski definition) is 1. The molecule has 4 heteroatoms. The maximum atomic E-state index is 12.4. The third-order valence-corrected chi connectivity index (χ3v) is 4.33. The van der Waals surface area contributed by atoms with Crippen LogP contribution in [0.5, 0.6) is 11.5 Å². The topological polar surface area (TPSA) is 47.6 Å². The highest BCUT2D eigenvalue weighted by Crippen LogP contribution is 2.41. The second-order valence-corrected chi connectivity index (χ2v) is 5.48. The van der Waals surface area contributed by atoms with Crippen molar-refractivity contribution in [2.24, 2.45) is 5.92 Å². The fraction of sp³-hybridized carbons (Fsp3) is 0.533. The highest BCUT2D eigenvalue weighted by atomic mass is 16.5. The molecule has 1 N–H and O–H groups in total. The number of fused-ring (bicyclic) bond motifs is 1. The van der Waals surface area contributed by atoms with E-state index >= 15 is 0 Å². The van der Waals surface area contributed by atoms with E-state index < -0.39 is 0 Å². The predicted octanol–water partition coefficient (Wildman–Crippen LogP) is 2.03. The minimum atomic E-state index is -0.329. The van der Waals surface area contributed by atoms with Crippen molar-refractivity contribution >= 4 is 5.78 Å². The van der Waals surface area contributed by atoms with Gasteiger partial charge in [0.1, 0.15) is 17.1 Å². The average Bonchev–Trinajstić information content (AvgIpc) is 2.42. The van der Waals surface area contributed by atoms with Gasteiger partial charge < -0.3 is 14.8 Å². The molecule has 0 bridgehead atoms. The van der Waals surface area contributed by atoms with Gasteiger partial charge in [-0.1, -0.05) is 6.92 Å². The molecule has 4 nitrogen and oxygen atoms in total. The number of carbonyl (C=O) groups excluding carboxylic acids is 1. The van der Waals surface area contributed by atoms with Gasteiger partial charge in [0, 0.05) is 18.9 Å². The van der Waals surface area contributed by atoms with E-state index in [0.29, 0.717) is 29.4 Å². The molecule has 1 spiro atoms. The largest absolute Gasteiger partial charge is 0.497 e. The minimum absolute atomic E-state index is 0.161. The van der Waals surface area contributed by atoms with Crippen molar-refractivity contribution in [3.05, 3.63) is 23.8 Å². The van der Waals surface area contributed by atoms with Crippen LogP contribution in [0.2, 0.25) is 0 Å². The number of ether oxygens (including phenoxy) is 2. The molecule has 0 aromatic heterocycles. The summed E-state index contributed by atoms with van der Waals surface area (Å²) in [5, 5.41) is 3.35. The molecule has 1 aromatic rings. The molecule has 102 valence electrons. The fourth-order valence-electron chi connectivity index (χ4n) is 3.03. The van der Waals surface area contributed by atoms with Crippen LogP contribution in [0, 0.1) is 5.92 Å². The summed E-state index contributed by atoms with van der Waals surface area (Å²) in [5.74, 6) is 1.89. The first-order valence-electron chi connectivity index (χ1n) is 6.75. The highest BCUT2D eigenvalue weighted by molar-refractivity contribution is 6.00. The molecule has 2 aliphatic heterocycles. The average molecular weight is 261 g/mol. The van der Waals surface area contributed by atoms with Crippen molar-refractivity contribution in [3.8, 4) is 11.5 Å². The fourth-order valence-corrected chi connectivity index (χ4v) is 3.03. The van der Waals surface area contributed by atoms with E-state index in [1.165, 1.54) is 0 Å². The Morgan fingerprint density at radius 1 is 1.47 bits per heavy atom. The van der Waals surface area contributed by atoms with Gasteiger partial charge in [0.15, 0.2) is 5.78 Å². The van der Waals surface area contributed by atoms with Crippen molar-refractivity contribution in [1.82, 2.24) is 5.32 Å². The van der Waals surface area contributed by atoms with Crippen molar-refractivity contribution in [1.29, 1.82) is 0 Å². The zero-order valence-electron chi connectivity index (χ0n) is 11.4. The van der Waals surface area contributed by atoms with E-state index in [0.717, 1.165) is 19.5 Å². The van der Waals surface area contributed by atoms with E-state index in [-0.39, 0.29) is 11.4 Å². The van der Waals surface area contributed by atoms with Crippen LogP contribution in [0.3, 0.4) is 0 Å². The molecular weight excluding hydrogens is 242 g/mol. The Bertz CT molecular complexity index is 514. The van der Waals surface area contributed by atoms with Crippen molar-refractivity contribution in [2.75, 3.05) is 20.2 Å². The summed E-state index contributed by atoms with van der Waals surface area (Å²) in [7, 11) is 1.60. The van der Waals surface area contributed by atoms with Crippen LogP contribution in [0.25, 0.3) is 0 Å². The lowest BCUT2D eigenvalue weighted by molar-refractivity contribution is -0.0189. The van der Waals surface area contributed by atoms with Crippen molar-refractivity contribution < 1.29 is 14.3 Å². The monoisotopic (exact) mass is 261 g/mol. The number of Topliss-reactive ketones (excluding diaryl/α,β-unsaturated/α-hetero) is 1. The lowest BCUT2D eigenvalue weighted by atomic mass is 9.76. The summed E-state index contributed by atoms with van der Waals surface area (Å²) in [4.78, 5) is 12.4. The predicted molar refractivity (Wildman–Crippen MR) is 72.0 cm³/mol. The Hall–Kier alpha value is -1.55. The molecule has 2 atom stereocenters. The van der Waals surface area contributed by atoms with Crippen molar-refractivity contribution in [2.45, 2.75) is 25.4 Å². The number of nitrogens with one attached hydrogen (secondary N) is 1. The zero-order chi connectivity index (χ0) is 13.5. The lowest BCUT2D eigenvalue weighted by Crippen LogP contribution is -2.55. The van der Waals surface area contributed by atoms with Crippen LogP contribution in [0.4, 0.5) is 0 Å². The van der Waals surface area contributed by atoms with Gasteiger partial charge in [0.25, 0.3) is 0 Å². The van der Waals surface area contributed by atoms with Gasteiger partial charge in [-0.2, -0.15) is 0 Å². The highest BCUT2D eigenvalue weighted by Gasteiger charge is 2.46. The molecule has 1 saturated heterocycles. The van der Waals surface area contributed by atoms with Crippen LogP contribution in [-0.4, -0.2) is 31.6 Å². The van der Waals surface area contributed by atoms with E-state index in [2.05, 4.69) is 12.2 Å². The molecule has 0 radical (unpaired) electrons. The Morgan fingerprint density at radius 3 is 3.05 bits per heavy atom. The molecule has 2 unspecified atom stereocenters. The molecule has 0 aliphatic carbocycles. The maximum absolute atomic E-state index is 12.4. The van der Waals surface area contributed by atoms with Gasteiger partial charge in [0.05, 0.1) is 19.1 Å². The van der Waals surface area contributed by atoms with Crippen LogP contribution < -0.4 is 14.8 Å². The zero-order valence-corrected chi connectivity index (χ0v) is 11.4. The Morgan fingerprint density at radius 2 is 2.32 bits per heavy atom. The smallest absolute Gasteiger partial charge is 0.170 e. The number of piperidine rings is 1. The Balaban J connectivity index is 1.98. The SMILES string of the molecule is COc1ccc2c(c1)C(=O)CC1(CCNCC1C)O2. The van der Waals surface area contributed by atoms with Gasteiger partial charge in [-0.25, -0.2) is 0 Å². The summed E-state index contributed by atoms with van der Waals surface area (Å²) < 4.78 is 11.4. The Labute approximate surface area is 113 Å². The third-order valence-electron chi connectivity index (χ3n) is 4.33.